The number of esters is 1. The van der Waals surface area contributed by atoms with Crippen LogP contribution in [-0.4, -0.2) is 35.9 Å². The Morgan fingerprint density at radius 1 is 0.909 bits per heavy atom. The van der Waals surface area contributed by atoms with Crippen LogP contribution in [0.5, 0.6) is 0 Å². The van der Waals surface area contributed by atoms with E-state index < -0.39 is 5.97 Å². The molecule has 0 bridgehead atoms. The molecule has 3 rings (SSSR count). The van der Waals surface area contributed by atoms with E-state index in [1.54, 1.807) is 6.92 Å². The van der Waals surface area contributed by atoms with Crippen molar-refractivity contribution in [3.63, 3.8) is 0 Å². The highest BCUT2D eigenvalue weighted by Gasteiger charge is 2.22. The number of anilines is 2. The molecule has 0 unspecified atom stereocenters. The minimum atomic E-state index is -0.478. The third kappa shape index (κ3) is 6.94. The van der Waals surface area contributed by atoms with Gasteiger partial charge in [0, 0.05) is 16.6 Å². The van der Waals surface area contributed by atoms with Crippen molar-refractivity contribution in [3.05, 3.63) is 71.1 Å². The predicted molar refractivity (Wildman–Crippen MR) is 136 cm³/mol. The van der Waals surface area contributed by atoms with Crippen LogP contribution in [0.25, 0.3) is 11.1 Å². The normalized spacial score (nSPS) is 10.5. The summed E-state index contributed by atoms with van der Waals surface area (Å²) < 4.78 is 5.21. The maximum Gasteiger partial charge on any atom is 0.341 e. The number of benzene rings is 2. The van der Waals surface area contributed by atoms with Gasteiger partial charge in [0.2, 0.25) is 11.8 Å². The number of amides is 2. The summed E-state index contributed by atoms with van der Waals surface area (Å²) in [4.78, 5) is 37.2. The number of ether oxygens (including phenoxy) is 1. The maximum absolute atomic E-state index is 12.6. The van der Waals surface area contributed by atoms with Gasteiger partial charge in [0.05, 0.1) is 18.1 Å². The van der Waals surface area contributed by atoms with Crippen molar-refractivity contribution in [1.82, 2.24) is 0 Å². The number of aryl methyl sites for hydroxylation is 1. The molecule has 0 radical (unpaired) electrons. The van der Waals surface area contributed by atoms with Crippen LogP contribution in [0, 0.1) is 0 Å². The van der Waals surface area contributed by atoms with Crippen LogP contribution in [0.15, 0.2) is 60.0 Å². The molecule has 0 saturated carbocycles. The lowest BCUT2D eigenvalue weighted by Crippen LogP contribution is -2.19. The van der Waals surface area contributed by atoms with Crippen molar-refractivity contribution in [1.29, 1.82) is 0 Å². The van der Waals surface area contributed by atoms with E-state index >= 15 is 0 Å². The Morgan fingerprint density at radius 3 is 2.21 bits per heavy atom. The molecular formula is C25H26N2O4S2. The van der Waals surface area contributed by atoms with E-state index in [4.69, 9.17) is 4.74 Å². The molecule has 2 N–H and O–H groups in total. The zero-order valence-electron chi connectivity index (χ0n) is 18.6. The molecule has 0 aliphatic heterocycles. The lowest BCUT2D eigenvalue weighted by molar-refractivity contribution is -0.114. The summed E-state index contributed by atoms with van der Waals surface area (Å²) >= 11 is 2.48. The van der Waals surface area contributed by atoms with E-state index in [1.807, 2.05) is 60.0 Å². The van der Waals surface area contributed by atoms with Crippen LogP contribution in [0.2, 0.25) is 0 Å². The number of hydrogen-bond donors (Lipinski definition) is 2. The van der Waals surface area contributed by atoms with Crippen molar-refractivity contribution in [2.24, 2.45) is 0 Å². The molecule has 0 fully saturated rings. The van der Waals surface area contributed by atoms with Crippen LogP contribution in [-0.2, 0) is 20.7 Å². The Labute approximate surface area is 201 Å². The number of nitrogens with one attached hydrogen (secondary N) is 2. The van der Waals surface area contributed by atoms with Gasteiger partial charge in [0.1, 0.15) is 10.6 Å². The summed E-state index contributed by atoms with van der Waals surface area (Å²) in [5, 5.41) is 7.91. The topological polar surface area (TPSA) is 84.5 Å². The molecule has 0 aliphatic rings. The summed E-state index contributed by atoms with van der Waals surface area (Å²) in [6, 6.07) is 17.2. The van der Waals surface area contributed by atoms with Crippen molar-refractivity contribution in [3.8, 4) is 11.1 Å². The average molecular weight is 483 g/mol. The molecule has 3 aromatic rings. The molecular weight excluding hydrogens is 456 g/mol. The van der Waals surface area contributed by atoms with Crippen LogP contribution in [0.3, 0.4) is 0 Å². The van der Waals surface area contributed by atoms with E-state index in [2.05, 4.69) is 17.6 Å². The van der Waals surface area contributed by atoms with Gasteiger partial charge in [0.25, 0.3) is 0 Å². The zero-order chi connectivity index (χ0) is 23.6. The van der Waals surface area contributed by atoms with Crippen molar-refractivity contribution in [2.75, 3.05) is 28.7 Å². The molecule has 6 nitrogen and oxygen atoms in total. The van der Waals surface area contributed by atoms with Crippen molar-refractivity contribution < 1.29 is 19.1 Å². The Morgan fingerprint density at radius 2 is 1.58 bits per heavy atom. The molecule has 172 valence electrons. The van der Waals surface area contributed by atoms with Gasteiger partial charge >= 0.3 is 5.97 Å². The molecule has 2 aromatic carbocycles. The Hall–Kier alpha value is -3.10. The fourth-order valence-corrected chi connectivity index (χ4v) is 4.70. The zero-order valence-corrected chi connectivity index (χ0v) is 20.2. The highest BCUT2D eigenvalue weighted by Crippen LogP contribution is 2.36. The van der Waals surface area contributed by atoms with Gasteiger partial charge in [-0.1, -0.05) is 49.4 Å². The van der Waals surface area contributed by atoms with Crippen LogP contribution < -0.4 is 10.6 Å². The van der Waals surface area contributed by atoms with E-state index in [0.29, 0.717) is 10.6 Å². The molecule has 0 aliphatic carbocycles. The minimum Gasteiger partial charge on any atom is -0.462 e. The van der Waals surface area contributed by atoms with Gasteiger partial charge in [-0.15, -0.1) is 23.1 Å². The molecule has 1 aromatic heterocycles. The Balaban J connectivity index is 1.57. The van der Waals surface area contributed by atoms with Gasteiger partial charge in [-0.3, -0.25) is 9.59 Å². The van der Waals surface area contributed by atoms with Gasteiger partial charge in [-0.05, 0) is 36.6 Å². The third-order valence-electron chi connectivity index (χ3n) is 4.72. The molecule has 8 heteroatoms. The first-order chi connectivity index (χ1) is 16.0. The number of hydrogen-bond acceptors (Lipinski definition) is 6. The first kappa shape index (κ1) is 24.5. The van der Waals surface area contributed by atoms with E-state index in [0.717, 1.165) is 23.2 Å². The third-order valence-corrected chi connectivity index (χ3v) is 6.55. The van der Waals surface area contributed by atoms with E-state index in [-0.39, 0.29) is 29.9 Å². The quantitative estimate of drug-likeness (QED) is 0.375. The first-order valence-corrected chi connectivity index (χ1v) is 12.7. The number of carbonyl (C=O) groups is 3. The lowest BCUT2D eigenvalue weighted by atomic mass is 10.0. The monoisotopic (exact) mass is 482 g/mol. The summed E-state index contributed by atoms with van der Waals surface area (Å²) in [7, 11) is 0. The highest BCUT2D eigenvalue weighted by molar-refractivity contribution is 8.00. The molecule has 0 spiro atoms. The standard InChI is InChI=1S/C25H26N2O4S2/c1-3-17-10-12-19(13-11-17)26-21(28)15-32-16-22(29)27-24-23(25(30)31-4-2)20(14-33-24)18-8-6-5-7-9-18/h5-14H,3-4,15-16H2,1-2H3,(H,26,28)(H,27,29). The number of rotatable bonds is 10. The SMILES string of the molecule is CCOC(=O)c1c(-c2ccccc2)csc1NC(=O)CSCC(=O)Nc1ccc(CC)cc1. The summed E-state index contributed by atoms with van der Waals surface area (Å²) in [5.74, 6) is -0.705. The number of thioether (sulfide) groups is 1. The average Bonchev–Trinajstić information content (AvgIpc) is 3.23. The maximum atomic E-state index is 12.6. The van der Waals surface area contributed by atoms with E-state index in [1.165, 1.54) is 28.7 Å². The summed E-state index contributed by atoms with van der Waals surface area (Å²) in [6.07, 6.45) is 0.939. The van der Waals surface area contributed by atoms with Gasteiger partial charge in [-0.2, -0.15) is 0 Å². The minimum absolute atomic E-state index is 0.0863. The Kier molecular flexibility index (Phi) is 9.09. The smallest absolute Gasteiger partial charge is 0.341 e. The van der Waals surface area contributed by atoms with Crippen LogP contribution in [0.1, 0.15) is 29.8 Å². The van der Waals surface area contributed by atoms with Gasteiger partial charge in [-0.25, -0.2) is 4.79 Å². The van der Waals surface area contributed by atoms with Gasteiger partial charge in [0.15, 0.2) is 0 Å². The summed E-state index contributed by atoms with van der Waals surface area (Å²) in [5.41, 5.74) is 3.86. The fourth-order valence-electron chi connectivity index (χ4n) is 3.11. The van der Waals surface area contributed by atoms with Gasteiger partial charge < -0.3 is 15.4 Å². The highest BCUT2D eigenvalue weighted by atomic mass is 32.2. The second-order valence-electron chi connectivity index (χ2n) is 7.08. The number of thiophene rings is 1. The van der Waals surface area contributed by atoms with Crippen molar-refractivity contribution >= 4 is 51.6 Å². The molecule has 0 atom stereocenters. The van der Waals surface area contributed by atoms with Crippen LogP contribution in [0.4, 0.5) is 10.7 Å². The van der Waals surface area contributed by atoms with Crippen molar-refractivity contribution in [2.45, 2.75) is 20.3 Å². The predicted octanol–water partition coefficient (Wildman–Crippen LogP) is 5.46. The second-order valence-corrected chi connectivity index (χ2v) is 8.94. The molecule has 2 amide bonds. The molecule has 1 heterocycles. The lowest BCUT2D eigenvalue weighted by Gasteiger charge is -2.09. The first-order valence-electron chi connectivity index (χ1n) is 10.6. The Bertz CT molecular complexity index is 1100. The molecule has 33 heavy (non-hydrogen) atoms. The fraction of sp³-hybridized carbons (Fsp3) is 0.240. The number of carbonyl (C=O) groups excluding carboxylic acids is 3. The van der Waals surface area contributed by atoms with Crippen LogP contribution >= 0.6 is 23.1 Å². The van der Waals surface area contributed by atoms with E-state index in [9.17, 15) is 14.4 Å². The summed E-state index contributed by atoms with van der Waals surface area (Å²) in [6.45, 7) is 4.05. The second kappa shape index (κ2) is 12.2. The molecule has 0 saturated heterocycles. The largest absolute Gasteiger partial charge is 0.462 e.